The fourth-order valence-corrected chi connectivity index (χ4v) is 1.75. The van der Waals surface area contributed by atoms with Gasteiger partial charge in [0.15, 0.2) is 5.76 Å². The molecule has 0 saturated heterocycles. The normalized spacial score (nSPS) is 11.6. The lowest BCUT2D eigenvalue weighted by Gasteiger charge is -2.15. The summed E-state index contributed by atoms with van der Waals surface area (Å²) in [4.78, 5) is 16.2. The van der Waals surface area contributed by atoms with Crippen LogP contribution in [0.1, 0.15) is 42.6 Å². The van der Waals surface area contributed by atoms with E-state index in [1.165, 1.54) is 7.11 Å². The number of ether oxygens (including phenoxy) is 1. The molecule has 2 aromatic rings. The molecule has 2 aromatic heterocycles. The minimum atomic E-state index is -0.534. The number of nitrogens with zero attached hydrogens (tertiary/aromatic N) is 1. The molecule has 0 radical (unpaired) electrons. The van der Waals surface area contributed by atoms with Gasteiger partial charge in [0.05, 0.1) is 13.4 Å². The predicted octanol–water partition coefficient (Wildman–Crippen LogP) is 3.33. The van der Waals surface area contributed by atoms with E-state index in [0.29, 0.717) is 17.3 Å². The van der Waals surface area contributed by atoms with E-state index in [-0.39, 0.29) is 11.2 Å². The molecule has 0 bridgehead atoms. The third kappa shape index (κ3) is 2.41. The van der Waals surface area contributed by atoms with E-state index < -0.39 is 5.97 Å². The van der Waals surface area contributed by atoms with Gasteiger partial charge in [-0.3, -0.25) is 0 Å². The monoisotopic (exact) mass is 263 g/mol. The highest BCUT2D eigenvalue weighted by atomic mass is 16.5. The Bertz CT molecular complexity index is 601. The summed E-state index contributed by atoms with van der Waals surface area (Å²) in [7, 11) is 1.31. The summed E-state index contributed by atoms with van der Waals surface area (Å²) in [5, 5.41) is 0. The number of carbonyl (C=O) groups excluding carboxylic acids is 1. The molecule has 0 aliphatic carbocycles. The van der Waals surface area contributed by atoms with E-state index in [1.54, 1.807) is 6.26 Å². The van der Waals surface area contributed by atoms with Crippen molar-refractivity contribution in [3.63, 3.8) is 0 Å². The number of carbonyl (C=O) groups is 1. The average Bonchev–Trinajstić information content (AvgIpc) is 2.92. The third-order valence-electron chi connectivity index (χ3n) is 2.76. The van der Waals surface area contributed by atoms with Crippen molar-refractivity contribution < 1.29 is 18.4 Å². The van der Waals surface area contributed by atoms with Gasteiger partial charge in [0.2, 0.25) is 5.76 Å². The van der Waals surface area contributed by atoms with Gasteiger partial charge in [-0.05, 0) is 13.0 Å². The van der Waals surface area contributed by atoms with Gasteiger partial charge in [-0.1, -0.05) is 20.8 Å². The van der Waals surface area contributed by atoms with Crippen LogP contribution < -0.4 is 0 Å². The molecule has 102 valence electrons. The minimum absolute atomic E-state index is 0.126. The Kier molecular flexibility index (Phi) is 3.22. The molecule has 19 heavy (non-hydrogen) atoms. The standard InChI is InChI=1S/C14H17NO4/c1-8-6-7-18-9(8)12-15-11(14(2,3)4)10(19-12)13(16)17-5/h6-7H,1-5H3. The fraction of sp³-hybridized carbons (Fsp3) is 0.429. The Morgan fingerprint density at radius 2 is 2.05 bits per heavy atom. The number of esters is 1. The van der Waals surface area contributed by atoms with Crippen LogP contribution in [0.2, 0.25) is 0 Å². The van der Waals surface area contributed by atoms with E-state index in [0.717, 1.165) is 5.56 Å². The number of aromatic nitrogens is 1. The van der Waals surface area contributed by atoms with Crippen LogP contribution in [0.4, 0.5) is 0 Å². The molecule has 0 aliphatic rings. The van der Waals surface area contributed by atoms with E-state index in [2.05, 4.69) is 4.98 Å². The number of rotatable bonds is 2. The van der Waals surface area contributed by atoms with Gasteiger partial charge in [0.25, 0.3) is 5.89 Å². The van der Waals surface area contributed by atoms with Crippen molar-refractivity contribution in [2.24, 2.45) is 0 Å². The van der Waals surface area contributed by atoms with Crippen LogP contribution in [-0.4, -0.2) is 18.1 Å². The molecule has 5 heteroatoms. The molecule has 0 amide bonds. The Balaban J connectivity index is 2.58. The van der Waals surface area contributed by atoms with Gasteiger partial charge < -0.3 is 13.6 Å². The maximum atomic E-state index is 11.8. The quantitative estimate of drug-likeness (QED) is 0.777. The second-order valence-electron chi connectivity index (χ2n) is 5.37. The molecular weight excluding hydrogens is 246 g/mol. The Morgan fingerprint density at radius 3 is 2.53 bits per heavy atom. The highest BCUT2D eigenvalue weighted by Crippen LogP contribution is 2.32. The first-order valence-electron chi connectivity index (χ1n) is 5.98. The van der Waals surface area contributed by atoms with Crippen molar-refractivity contribution in [3.05, 3.63) is 29.3 Å². The van der Waals surface area contributed by atoms with E-state index in [9.17, 15) is 4.79 Å². The largest absolute Gasteiger partial charge is 0.463 e. The van der Waals surface area contributed by atoms with Crippen molar-refractivity contribution in [2.45, 2.75) is 33.1 Å². The number of aryl methyl sites for hydroxylation is 1. The topological polar surface area (TPSA) is 65.5 Å². The van der Waals surface area contributed by atoms with E-state index in [4.69, 9.17) is 13.6 Å². The van der Waals surface area contributed by atoms with Crippen molar-refractivity contribution >= 4 is 5.97 Å². The Morgan fingerprint density at radius 1 is 1.37 bits per heavy atom. The molecule has 5 nitrogen and oxygen atoms in total. The van der Waals surface area contributed by atoms with Crippen LogP contribution in [0.3, 0.4) is 0 Å². The molecule has 2 heterocycles. The number of methoxy groups -OCH3 is 1. The summed E-state index contributed by atoms with van der Waals surface area (Å²) in [6.45, 7) is 7.75. The molecular formula is C14H17NO4. The van der Waals surface area contributed by atoms with Gasteiger partial charge in [0.1, 0.15) is 5.69 Å². The van der Waals surface area contributed by atoms with Crippen LogP contribution in [0, 0.1) is 6.92 Å². The average molecular weight is 263 g/mol. The molecule has 0 unspecified atom stereocenters. The van der Waals surface area contributed by atoms with E-state index >= 15 is 0 Å². The summed E-state index contributed by atoms with van der Waals surface area (Å²) >= 11 is 0. The number of hydrogen-bond acceptors (Lipinski definition) is 5. The predicted molar refractivity (Wildman–Crippen MR) is 69.0 cm³/mol. The zero-order chi connectivity index (χ0) is 14.2. The van der Waals surface area contributed by atoms with Gasteiger partial charge in [0, 0.05) is 11.0 Å². The maximum absolute atomic E-state index is 11.8. The van der Waals surface area contributed by atoms with Gasteiger partial charge in [-0.15, -0.1) is 0 Å². The van der Waals surface area contributed by atoms with Gasteiger partial charge in [-0.2, -0.15) is 0 Å². The second kappa shape index (κ2) is 4.57. The number of oxazole rings is 1. The highest BCUT2D eigenvalue weighted by Gasteiger charge is 2.30. The van der Waals surface area contributed by atoms with Crippen LogP contribution in [0.15, 0.2) is 21.2 Å². The lowest BCUT2D eigenvalue weighted by molar-refractivity contribution is 0.0562. The minimum Gasteiger partial charge on any atom is -0.463 e. The summed E-state index contributed by atoms with van der Waals surface area (Å²) < 4.78 is 15.6. The van der Waals surface area contributed by atoms with E-state index in [1.807, 2.05) is 33.8 Å². The van der Waals surface area contributed by atoms with Gasteiger partial charge >= 0.3 is 5.97 Å². The Hall–Kier alpha value is -2.04. The van der Waals surface area contributed by atoms with Crippen LogP contribution >= 0.6 is 0 Å². The highest BCUT2D eigenvalue weighted by molar-refractivity contribution is 5.88. The number of hydrogen-bond donors (Lipinski definition) is 0. The van der Waals surface area contributed by atoms with Crippen LogP contribution in [-0.2, 0) is 10.2 Å². The SMILES string of the molecule is COC(=O)c1oc(-c2occc2C)nc1C(C)(C)C. The van der Waals surface area contributed by atoms with Crippen LogP contribution in [0.5, 0.6) is 0 Å². The first kappa shape index (κ1) is 13.4. The van der Waals surface area contributed by atoms with Gasteiger partial charge in [-0.25, -0.2) is 9.78 Å². The summed E-state index contributed by atoms with van der Waals surface area (Å²) in [5.41, 5.74) is 1.13. The third-order valence-corrected chi connectivity index (χ3v) is 2.76. The molecule has 0 N–H and O–H groups in total. The van der Waals surface area contributed by atoms with Crippen molar-refractivity contribution in [1.82, 2.24) is 4.98 Å². The lowest BCUT2D eigenvalue weighted by Crippen LogP contribution is -2.17. The molecule has 0 aromatic carbocycles. The maximum Gasteiger partial charge on any atom is 0.376 e. The lowest BCUT2D eigenvalue weighted by atomic mass is 9.91. The number of furan rings is 1. The fourth-order valence-electron chi connectivity index (χ4n) is 1.75. The second-order valence-corrected chi connectivity index (χ2v) is 5.37. The molecule has 0 aliphatic heterocycles. The summed E-state index contributed by atoms with van der Waals surface area (Å²) in [6, 6.07) is 1.81. The zero-order valence-corrected chi connectivity index (χ0v) is 11.7. The molecule has 0 fully saturated rings. The summed E-state index contributed by atoms with van der Waals surface area (Å²) in [5.74, 6) is 0.419. The Labute approximate surface area is 111 Å². The molecule has 0 atom stereocenters. The molecule has 0 saturated carbocycles. The molecule has 0 spiro atoms. The van der Waals surface area contributed by atoms with Crippen molar-refractivity contribution in [1.29, 1.82) is 0 Å². The smallest absolute Gasteiger partial charge is 0.376 e. The first-order valence-corrected chi connectivity index (χ1v) is 5.98. The van der Waals surface area contributed by atoms with Crippen LogP contribution in [0.25, 0.3) is 11.7 Å². The summed E-state index contributed by atoms with van der Waals surface area (Å²) in [6.07, 6.45) is 1.56. The first-order chi connectivity index (χ1) is 8.84. The van der Waals surface area contributed by atoms with Crippen molar-refractivity contribution in [3.8, 4) is 11.7 Å². The van der Waals surface area contributed by atoms with Crippen molar-refractivity contribution in [2.75, 3.05) is 7.11 Å². The molecule has 2 rings (SSSR count). The zero-order valence-electron chi connectivity index (χ0n) is 11.7.